The molecular weight excluding hydrogens is 400 g/mol. The Bertz CT molecular complexity index is 666. The number of hydrogen-bond acceptors (Lipinski definition) is 5. The highest BCUT2D eigenvalue weighted by atomic mass is 35.5. The van der Waals surface area contributed by atoms with Crippen LogP contribution in [-0.4, -0.2) is 93.2 Å². The molecule has 0 spiro atoms. The first kappa shape index (κ1) is 23.5. The van der Waals surface area contributed by atoms with E-state index in [0.717, 1.165) is 76.9 Å². The molecule has 7 heteroatoms. The Morgan fingerprint density at radius 2 is 2.03 bits per heavy atom. The summed E-state index contributed by atoms with van der Waals surface area (Å²) in [7, 11) is 4.32. The molecule has 6 nitrogen and oxygen atoms in total. The van der Waals surface area contributed by atoms with E-state index in [0.29, 0.717) is 18.4 Å². The number of amides is 1. The smallest absolute Gasteiger partial charge is 0.220 e. The second kappa shape index (κ2) is 12.0. The number of likely N-dealkylation sites (tertiary alicyclic amines) is 1. The largest absolute Gasteiger partial charge is 0.379 e. The van der Waals surface area contributed by atoms with Crippen molar-refractivity contribution in [1.29, 1.82) is 0 Å². The highest BCUT2D eigenvalue weighted by Crippen LogP contribution is 2.26. The lowest BCUT2D eigenvalue weighted by Gasteiger charge is -2.41. The monoisotopic (exact) mass is 436 g/mol. The lowest BCUT2D eigenvalue weighted by molar-refractivity contribution is -0.121. The molecule has 0 unspecified atom stereocenters. The number of benzene rings is 1. The van der Waals surface area contributed by atoms with Gasteiger partial charge in [0.15, 0.2) is 0 Å². The number of carbonyl (C=O) groups excluding carboxylic acids is 1. The van der Waals surface area contributed by atoms with Crippen LogP contribution in [0.2, 0.25) is 5.02 Å². The number of nitrogens with zero attached hydrogens (tertiary/aromatic N) is 3. The minimum atomic E-state index is 0.174. The standard InChI is InChI=1S/C23H37ClN4O2/c1-26(2)22-8-10-28(17-19-4-3-5-21(24)16-19)18-20(22)6-7-23(29)25-9-11-27-12-14-30-15-13-27/h3-5,16,20,22H,6-15,17-18H2,1-2H3,(H,25,29)/t20-,22+/m0/s1. The maximum atomic E-state index is 12.4. The number of carbonyl (C=O) groups is 1. The normalized spacial score (nSPS) is 23.6. The van der Waals surface area contributed by atoms with Crippen molar-refractivity contribution < 1.29 is 9.53 Å². The van der Waals surface area contributed by atoms with E-state index in [1.807, 2.05) is 12.1 Å². The second-order valence-corrected chi connectivity index (χ2v) is 9.22. The number of nitrogens with one attached hydrogen (secondary N) is 1. The molecule has 1 aromatic carbocycles. The first-order valence-electron chi connectivity index (χ1n) is 11.2. The van der Waals surface area contributed by atoms with E-state index in [-0.39, 0.29) is 5.91 Å². The van der Waals surface area contributed by atoms with Gasteiger partial charge in [0.05, 0.1) is 13.2 Å². The van der Waals surface area contributed by atoms with Crippen LogP contribution >= 0.6 is 11.6 Å². The lowest BCUT2D eigenvalue weighted by Crippen LogP contribution is -2.48. The van der Waals surface area contributed by atoms with E-state index in [2.05, 4.69) is 46.2 Å². The van der Waals surface area contributed by atoms with E-state index in [9.17, 15) is 4.79 Å². The van der Waals surface area contributed by atoms with Gasteiger partial charge in [-0.2, -0.15) is 0 Å². The van der Waals surface area contributed by atoms with Crippen molar-refractivity contribution in [3.8, 4) is 0 Å². The van der Waals surface area contributed by atoms with Crippen LogP contribution in [0.15, 0.2) is 24.3 Å². The molecule has 2 aliphatic rings. The number of piperidine rings is 1. The van der Waals surface area contributed by atoms with E-state index in [1.165, 1.54) is 5.56 Å². The van der Waals surface area contributed by atoms with E-state index in [1.54, 1.807) is 0 Å². The highest BCUT2D eigenvalue weighted by molar-refractivity contribution is 6.30. The summed E-state index contributed by atoms with van der Waals surface area (Å²) in [6.45, 7) is 8.18. The zero-order chi connectivity index (χ0) is 21.3. The number of hydrogen-bond donors (Lipinski definition) is 1. The quantitative estimate of drug-likeness (QED) is 0.643. The maximum Gasteiger partial charge on any atom is 0.220 e. The third-order valence-corrected chi connectivity index (χ3v) is 6.57. The molecule has 2 fully saturated rings. The molecule has 0 saturated carbocycles. The average molecular weight is 437 g/mol. The summed E-state index contributed by atoms with van der Waals surface area (Å²) in [6, 6.07) is 8.66. The molecule has 0 radical (unpaired) electrons. The molecule has 2 aliphatic heterocycles. The maximum absolute atomic E-state index is 12.4. The van der Waals surface area contributed by atoms with Crippen LogP contribution in [0.4, 0.5) is 0 Å². The Morgan fingerprint density at radius 1 is 1.23 bits per heavy atom. The van der Waals surface area contributed by atoms with Gasteiger partial charge in [-0.1, -0.05) is 23.7 Å². The molecule has 30 heavy (non-hydrogen) atoms. The van der Waals surface area contributed by atoms with Gasteiger partial charge in [0.2, 0.25) is 5.91 Å². The summed E-state index contributed by atoms with van der Waals surface area (Å²) in [5.74, 6) is 0.672. The Hall–Kier alpha value is -1.18. The van der Waals surface area contributed by atoms with Crippen LogP contribution in [0.25, 0.3) is 0 Å². The van der Waals surface area contributed by atoms with Crippen LogP contribution < -0.4 is 5.32 Å². The SMILES string of the molecule is CN(C)[C@@H]1CCN(Cc2cccc(Cl)c2)C[C@@H]1CCC(=O)NCCN1CCOCC1. The summed E-state index contributed by atoms with van der Waals surface area (Å²) in [6.07, 6.45) is 2.66. The van der Waals surface area contributed by atoms with E-state index < -0.39 is 0 Å². The number of ether oxygens (including phenoxy) is 1. The van der Waals surface area contributed by atoms with Gasteiger partial charge in [0.25, 0.3) is 0 Å². The first-order chi connectivity index (χ1) is 14.5. The van der Waals surface area contributed by atoms with Crippen LogP contribution in [0.5, 0.6) is 0 Å². The fraction of sp³-hybridized carbons (Fsp3) is 0.696. The Morgan fingerprint density at radius 3 is 2.77 bits per heavy atom. The van der Waals surface area contributed by atoms with Crippen molar-refractivity contribution in [3.05, 3.63) is 34.9 Å². The Balaban J connectivity index is 1.44. The molecule has 1 amide bonds. The third kappa shape index (κ3) is 7.50. The van der Waals surface area contributed by atoms with Crippen LogP contribution in [0.3, 0.4) is 0 Å². The summed E-state index contributed by atoms with van der Waals surface area (Å²) in [4.78, 5) is 19.6. The Labute approximate surface area is 186 Å². The minimum Gasteiger partial charge on any atom is -0.379 e. The molecule has 0 bridgehead atoms. The van der Waals surface area contributed by atoms with Crippen molar-refractivity contribution in [1.82, 2.24) is 20.0 Å². The minimum absolute atomic E-state index is 0.174. The summed E-state index contributed by atoms with van der Waals surface area (Å²) < 4.78 is 5.37. The molecular formula is C23H37ClN4O2. The van der Waals surface area contributed by atoms with Crippen molar-refractivity contribution in [3.63, 3.8) is 0 Å². The van der Waals surface area contributed by atoms with Gasteiger partial charge < -0.3 is 15.0 Å². The van der Waals surface area contributed by atoms with E-state index in [4.69, 9.17) is 16.3 Å². The van der Waals surface area contributed by atoms with Crippen molar-refractivity contribution >= 4 is 17.5 Å². The van der Waals surface area contributed by atoms with Gasteiger partial charge in [-0.3, -0.25) is 14.6 Å². The van der Waals surface area contributed by atoms with Gasteiger partial charge in [0.1, 0.15) is 0 Å². The third-order valence-electron chi connectivity index (χ3n) is 6.33. The molecule has 0 aliphatic carbocycles. The molecule has 3 rings (SSSR count). The van der Waals surface area contributed by atoms with Crippen LogP contribution in [-0.2, 0) is 16.1 Å². The predicted molar refractivity (Wildman–Crippen MR) is 122 cm³/mol. The summed E-state index contributed by atoms with van der Waals surface area (Å²) in [5.41, 5.74) is 1.26. The average Bonchev–Trinajstić information content (AvgIpc) is 2.73. The van der Waals surface area contributed by atoms with Crippen molar-refractivity contribution in [2.45, 2.75) is 31.8 Å². The van der Waals surface area contributed by atoms with Crippen LogP contribution in [0.1, 0.15) is 24.8 Å². The predicted octanol–water partition coefficient (Wildman–Crippen LogP) is 2.32. The fourth-order valence-electron chi connectivity index (χ4n) is 4.68. The molecule has 1 N–H and O–H groups in total. The summed E-state index contributed by atoms with van der Waals surface area (Å²) in [5, 5.41) is 3.90. The van der Waals surface area contributed by atoms with Crippen LogP contribution in [0, 0.1) is 5.92 Å². The number of halogens is 1. The molecule has 2 heterocycles. The van der Waals surface area contributed by atoms with Gasteiger partial charge in [-0.25, -0.2) is 0 Å². The first-order valence-corrected chi connectivity index (χ1v) is 11.6. The molecule has 2 saturated heterocycles. The second-order valence-electron chi connectivity index (χ2n) is 8.79. The molecule has 0 aromatic heterocycles. The summed E-state index contributed by atoms with van der Waals surface area (Å²) >= 11 is 6.15. The van der Waals surface area contributed by atoms with Gasteiger partial charge in [-0.15, -0.1) is 0 Å². The number of morpholine rings is 1. The molecule has 2 atom stereocenters. The number of rotatable bonds is 9. The van der Waals surface area contributed by atoms with Gasteiger partial charge in [-0.05, 0) is 57.1 Å². The topological polar surface area (TPSA) is 48.0 Å². The zero-order valence-electron chi connectivity index (χ0n) is 18.5. The molecule has 168 valence electrons. The van der Waals surface area contributed by atoms with Crippen molar-refractivity contribution in [2.24, 2.45) is 5.92 Å². The van der Waals surface area contributed by atoms with Gasteiger partial charge >= 0.3 is 0 Å². The van der Waals surface area contributed by atoms with Crippen molar-refractivity contribution in [2.75, 3.05) is 66.6 Å². The lowest BCUT2D eigenvalue weighted by atomic mass is 9.87. The fourth-order valence-corrected chi connectivity index (χ4v) is 4.89. The highest BCUT2D eigenvalue weighted by Gasteiger charge is 2.30. The Kier molecular flexibility index (Phi) is 9.40. The van der Waals surface area contributed by atoms with Gasteiger partial charge in [0, 0.05) is 56.8 Å². The molecule has 1 aromatic rings. The van der Waals surface area contributed by atoms with E-state index >= 15 is 0 Å². The zero-order valence-corrected chi connectivity index (χ0v) is 19.2.